The van der Waals surface area contributed by atoms with Crippen molar-refractivity contribution >= 4 is 16.8 Å². The van der Waals surface area contributed by atoms with Crippen molar-refractivity contribution in [3.8, 4) is 11.3 Å². The average Bonchev–Trinajstić information content (AvgIpc) is 3.20. The molecule has 1 aromatic heterocycles. The van der Waals surface area contributed by atoms with Crippen LogP contribution in [0.2, 0.25) is 0 Å². The number of amides is 1. The van der Waals surface area contributed by atoms with Gasteiger partial charge in [-0.1, -0.05) is 54.6 Å². The molecule has 0 radical (unpaired) electrons. The van der Waals surface area contributed by atoms with Gasteiger partial charge in [0.2, 0.25) is 5.91 Å². The number of aromatic nitrogens is 2. The number of carbonyl (C=O) groups excluding carboxylic acids is 1. The van der Waals surface area contributed by atoms with E-state index in [1.54, 1.807) is 6.07 Å². The number of aryl methyl sites for hydroxylation is 1. The molecule has 0 aliphatic rings. The van der Waals surface area contributed by atoms with Gasteiger partial charge < -0.3 is 16.2 Å². The number of fused-ring (bicyclic) bond motifs is 1. The summed E-state index contributed by atoms with van der Waals surface area (Å²) in [6.07, 6.45) is 0.147. The first kappa shape index (κ1) is 19.8. The summed E-state index contributed by atoms with van der Waals surface area (Å²) in [6.45, 7) is 0.455. The van der Waals surface area contributed by atoms with Crippen LogP contribution in [0.5, 0.6) is 0 Å². The highest BCUT2D eigenvalue weighted by Gasteiger charge is 2.11. The van der Waals surface area contributed by atoms with Crippen molar-refractivity contribution in [3.63, 3.8) is 0 Å². The van der Waals surface area contributed by atoms with Gasteiger partial charge in [-0.2, -0.15) is 5.10 Å². The molecule has 0 aliphatic heterocycles. The summed E-state index contributed by atoms with van der Waals surface area (Å²) >= 11 is 0. The molecule has 0 fully saturated rings. The Morgan fingerprint density at radius 2 is 1.83 bits per heavy atom. The van der Waals surface area contributed by atoms with Crippen LogP contribution in [-0.2, 0) is 17.8 Å². The van der Waals surface area contributed by atoms with Crippen molar-refractivity contribution in [1.82, 2.24) is 15.5 Å². The van der Waals surface area contributed by atoms with Crippen LogP contribution in [0.15, 0.2) is 72.8 Å². The molecule has 0 saturated carbocycles. The van der Waals surface area contributed by atoms with Gasteiger partial charge in [0.15, 0.2) is 0 Å². The highest BCUT2D eigenvalue weighted by Crippen LogP contribution is 2.28. The zero-order valence-corrected chi connectivity index (χ0v) is 16.5. The molecule has 6 nitrogen and oxygen atoms in total. The quantitative estimate of drug-likeness (QED) is 0.357. The Morgan fingerprint density at radius 1 is 1.03 bits per heavy atom. The first-order valence-corrected chi connectivity index (χ1v) is 9.92. The number of hydrogen-bond acceptors (Lipinski definition) is 4. The number of hydrogen-bond donors (Lipinski definition) is 4. The molecule has 3 aromatic carbocycles. The highest BCUT2D eigenvalue weighted by atomic mass is 16.3. The van der Waals surface area contributed by atoms with Gasteiger partial charge in [0.05, 0.1) is 11.2 Å². The van der Waals surface area contributed by atoms with E-state index in [1.165, 1.54) is 0 Å². The van der Waals surface area contributed by atoms with Crippen LogP contribution in [0, 0.1) is 0 Å². The fourth-order valence-corrected chi connectivity index (χ4v) is 3.46. The lowest BCUT2D eigenvalue weighted by molar-refractivity contribution is -0.121. The SMILES string of the molecule is NC(O)c1ccc2[nH]nc(-c3cccc(CNC(=O)CCc4ccccc4)c3)c2c1. The molecule has 6 heteroatoms. The zero-order chi connectivity index (χ0) is 20.9. The summed E-state index contributed by atoms with van der Waals surface area (Å²) in [5, 5.41) is 21.0. The number of nitrogens with zero attached hydrogens (tertiary/aromatic N) is 1. The van der Waals surface area contributed by atoms with E-state index in [-0.39, 0.29) is 5.91 Å². The summed E-state index contributed by atoms with van der Waals surface area (Å²) in [4.78, 5) is 12.2. The average molecular weight is 400 g/mol. The molecule has 30 heavy (non-hydrogen) atoms. The van der Waals surface area contributed by atoms with Gasteiger partial charge >= 0.3 is 0 Å². The largest absolute Gasteiger partial charge is 0.375 e. The van der Waals surface area contributed by atoms with Crippen LogP contribution in [0.1, 0.15) is 29.3 Å². The maximum absolute atomic E-state index is 12.2. The normalized spacial score (nSPS) is 12.1. The Labute approximate surface area is 174 Å². The Balaban J connectivity index is 1.45. The molecular formula is C24H24N4O2. The van der Waals surface area contributed by atoms with Gasteiger partial charge in [-0.25, -0.2) is 0 Å². The van der Waals surface area contributed by atoms with Crippen LogP contribution in [0.4, 0.5) is 0 Å². The molecule has 0 spiro atoms. The molecule has 0 saturated heterocycles. The smallest absolute Gasteiger partial charge is 0.220 e. The Bertz CT molecular complexity index is 1150. The Morgan fingerprint density at radius 3 is 2.63 bits per heavy atom. The minimum atomic E-state index is -1.03. The van der Waals surface area contributed by atoms with E-state index in [0.717, 1.165) is 39.7 Å². The monoisotopic (exact) mass is 400 g/mol. The number of rotatable bonds is 7. The fraction of sp³-hybridized carbons (Fsp3) is 0.167. The minimum absolute atomic E-state index is 0.0241. The number of H-pyrrole nitrogens is 1. The summed E-state index contributed by atoms with van der Waals surface area (Å²) in [7, 11) is 0. The lowest BCUT2D eigenvalue weighted by Crippen LogP contribution is -2.23. The van der Waals surface area contributed by atoms with Crippen LogP contribution in [-0.4, -0.2) is 21.2 Å². The Kier molecular flexibility index (Phi) is 5.88. The van der Waals surface area contributed by atoms with E-state index in [4.69, 9.17) is 5.73 Å². The summed E-state index contributed by atoms with van der Waals surface area (Å²) in [5.74, 6) is 0.0241. The number of nitrogens with one attached hydrogen (secondary N) is 2. The maximum atomic E-state index is 12.2. The van der Waals surface area contributed by atoms with Crippen molar-refractivity contribution < 1.29 is 9.90 Å². The number of aliphatic hydroxyl groups is 1. The number of benzene rings is 3. The molecule has 0 bridgehead atoms. The first-order valence-electron chi connectivity index (χ1n) is 9.92. The lowest BCUT2D eigenvalue weighted by atomic mass is 10.0. The van der Waals surface area contributed by atoms with Gasteiger partial charge in [0.1, 0.15) is 6.23 Å². The molecule has 1 heterocycles. The second kappa shape index (κ2) is 8.90. The van der Waals surface area contributed by atoms with Gasteiger partial charge in [0, 0.05) is 23.9 Å². The fourth-order valence-electron chi connectivity index (χ4n) is 3.46. The van der Waals surface area contributed by atoms with E-state index in [1.807, 2.05) is 66.7 Å². The van der Waals surface area contributed by atoms with E-state index in [0.29, 0.717) is 18.5 Å². The number of aliphatic hydroxyl groups excluding tert-OH is 1. The third kappa shape index (κ3) is 4.56. The highest BCUT2D eigenvalue weighted by molar-refractivity contribution is 5.93. The molecule has 152 valence electrons. The summed E-state index contributed by atoms with van der Waals surface area (Å²) < 4.78 is 0. The number of aromatic amines is 1. The van der Waals surface area contributed by atoms with E-state index >= 15 is 0 Å². The van der Waals surface area contributed by atoms with Crippen molar-refractivity contribution in [2.45, 2.75) is 25.6 Å². The van der Waals surface area contributed by atoms with Gasteiger partial charge in [-0.05, 0) is 41.3 Å². The minimum Gasteiger partial charge on any atom is -0.375 e. The molecule has 1 amide bonds. The van der Waals surface area contributed by atoms with E-state index < -0.39 is 6.23 Å². The number of carbonyl (C=O) groups is 1. The zero-order valence-electron chi connectivity index (χ0n) is 16.5. The van der Waals surface area contributed by atoms with E-state index in [2.05, 4.69) is 15.5 Å². The van der Waals surface area contributed by atoms with Gasteiger partial charge in [-0.15, -0.1) is 0 Å². The summed E-state index contributed by atoms with van der Waals surface area (Å²) in [6, 6.07) is 23.4. The molecular weight excluding hydrogens is 376 g/mol. The second-order valence-electron chi connectivity index (χ2n) is 7.28. The predicted octanol–water partition coefficient (Wildman–Crippen LogP) is 3.43. The van der Waals surface area contributed by atoms with Crippen LogP contribution in [0.3, 0.4) is 0 Å². The molecule has 1 atom stereocenters. The summed E-state index contributed by atoms with van der Waals surface area (Å²) in [5.41, 5.74) is 11.0. The van der Waals surface area contributed by atoms with Crippen LogP contribution in [0.25, 0.3) is 22.2 Å². The van der Waals surface area contributed by atoms with Crippen molar-refractivity contribution in [2.75, 3.05) is 0 Å². The van der Waals surface area contributed by atoms with Crippen molar-refractivity contribution in [2.24, 2.45) is 5.73 Å². The second-order valence-corrected chi connectivity index (χ2v) is 7.28. The predicted molar refractivity (Wildman–Crippen MR) is 117 cm³/mol. The topological polar surface area (TPSA) is 104 Å². The Hall–Kier alpha value is -3.48. The standard InChI is InChI=1S/C24H24N4O2/c25-24(30)19-10-11-21-20(14-19)23(28-27-21)18-8-4-7-17(13-18)15-26-22(29)12-9-16-5-2-1-3-6-16/h1-8,10-11,13-14,24,30H,9,12,15,25H2,(H,26,29)(H,27,28). The van der Waals surface area contributed by atoms with Crippen molar-refractivity contribution in [1.29, 1.82) is 0 Å². The van der Waals surface area contributed by atoms with Gasteiger partial charge in [0.25, 0.3) is 0 Å². The van der Waals surface area contributed by atoms with Crippen LogP contribution >= 0.6 is 0 Å². The molecule has 5 N–H and O–H groups in total. The molecule has 4 aromatic rings. The third-order valence-electron chi connectivity index (χ3n) is 5.10. The third-order valence-corrected chi connectivity index (χ3v) is 5.10. The maximum Gasteiger partial charge on any atom is 0.220 e. The first-order chi connectivity index (χ1) is 14.6. The molecule has 0 aliphatic carbocycles. The molecule has 4 rings (SSSR count). The lowest BCUT2D eigenvalue weighted by Gasteiger charge is -2.08. The van der Waals surface area contributed by atoms with Crippen LogP contribution < -0.4 is 11.1 Å². The van der Waals surface area contributed by atoms with Crippen molar-refractivity contribution in [3.05, 3.63) is 89.5 Å². The molecule has 1 unspecified atom stereocenters. The number of nitrogens with two attached hydrogens (primary N) is 1. The van der Waals surface area contributed by atoms with Gasteiger partial charge in [-0.3, -0.25) is 9.89 Å². The van der Waals surface area contributed by atoms with E-state index in [9.17, 15) is 9.90 Å².